The van der Waals surface area contributed by atoms with E-state index < -0.39 is 0 Å². The molecule has 0 bridgehead atoms. The number of rotatable bonds is 2. The van der Waals surface area contributed by atoms with Gasteiger partial charge in [-0.25, -0.2) is 4.98 Å². The molecule has 1 fully saturated rings. The molecule has 1 aromatic heterocycles. The highest BCUT2D eigenvalue weighted by Crippen LogP contribution is 2.38. The van der Waals surface area contributed by atoms with Crippen molar-refractivity contribution in [2.24, 2.45) is 0 Å². The molecule has 0 aliphatic carbocycles. The molecule has 110 valence electrons. The van der Waals surface area contributed by atoms with E-state index in [9.17, 15) is 0 Å². The molecular formula is C16H19N3O2. The van der Waals surface area contributed by atoms with Gasteiger partial charge in [-0.05, 0) is 43.5 Å². The normalized spacial score (nSPS) is 18.4. The van der Waals surface area contributed by atoms with Crippen LogP contribution in [0.2, 0.25) is 0 Å². The fourth-order valence-corrected chi connectivity index (χ4v) is 3.18. The van der Waals surface area contributed by atoms with Gasteiger partial charge in [0, 0.05) is 30.7 Å². The zero-order valence-corrected chi connectivity index (χ0v) is 12.1. The van der Waals surface area contributed by atoms with E-state index in [2.05, 4.69) is 21.3 Å². The smallest absolute Gasteiger partial charge is 0.231 e. The Morgan fingerprint density at radius 1 is 1.19 bits per heavy atom. The molecular weight excluding hydrogens is 266 g/mol. The zero-order valence-electron chi connectivity index (χ0n) is 12.1. The molecule has 1 aromatic carbocycles. The highest BCUT2D eigenvalue weighted by molar-refractivity contribution is 5.94. The molecule has 1 saturated heterocycles. The first-order valence-electron chi connectivity index (χ1n) is 7.46. The lowest BCUT2D eigenvalue weighted by atomic mass is 10.0. The summed E-state index contributed by atoms with van der Waals surface area (Å²) in [4.78, 5) is 6.99. The molecule has 2 aromatic rings. The summed E-state index contributed by atoms with van der Waals surface area (Å²) in [5.41, 5.74) is 0. The summed E-state index contributed by atoms with van der Waals surface area (Å²) in [5, 5.41) is 5.66. The van der Waals surface area contributed by atoms with Crippen LogP contribution >= 0.6 is 0 Å². The van der Waals surface area contributed by atoms with Crippen molar-refractivity contribution >= 4 is 16.6 Å². The second-order valence-electron chi connectivity index (χ2n) is 5.61. The number of hydrogen-bond acceptors (Lipinski definition) is 5. The summed E-state index contributed by atoms with van der Waals surface area (Å²) in [6.45, 7) is 2.38. The van der Waals surface area contributed by atoms with E-state index in [4.69, 9.17) is 9.47 Å². The number of piperidine rings is 1. The van der Waals surface area contributed by atoms with Crippen LogP contribution in [0.15, 0.2) is 24.4 Å². The van der Waals surface area contributed by atoms with Crippen LogP contribution in [0, 0.1) is 0 Å². The Labute approximate surface area is 123 Å². The minimum Gasteiger partial charge on any atom is -0.454 e. The third-order valence-electron chi connectivity index (χ3n) is 4.44. The molecule has 4 rings (SSSR count). The first-order valence-corrected chi connectivity index (χ1v) is 7.46. The number of pyridine rings is 1. The number of ether oxygens (including phenoxy) is 2. The molecule has 5 nitrogen and oxygen atoms in total. The Morgan fingerprint density at radius 3 is 2.71 bits per heavy atom. The van der Waals surface area contributed by atoms with Crippen LogP contribution in [-0.2, 0) is 0 Å². The van der Waals surface area contributed by atoms with E-state index in [1.165, 1.54) is 0 Å². The van der Waals surface area contributed by atoms with E-state index in [1.807, 2.05) is 25.4 Å². The van der Waals surface area contributed by atoms with Crippen molar-refractivity contribution in [2.75, 3.05) is 31.8 Å². The number of nitrogens with one attached hydrogen (secondary N) is 1. The standard InChI is InChI=1S/C16H19N3O2/c1-17-12-3-6-19(7-4-12)16-13-9-15-14(20-10-21-15)8-11(13)2-5-18-16/h2,5,8-9,12,17H,3-4,6-7,10H2,1H3. The van der Waals surface area contributed by atoms with Crippen molar-refractivity contribution in [3.8, 4) is 11.5 Å². The summed E-state index contributed by atoms with van der Waals surface area (Å²) in [6.07, 6.45) is 4.18. The molecule has 0 spiro atoms. The Hall–Kier alpha value is -2.01. The Balaban J connectivity index is 1.72. The third-order valence-corrected chi connectivity index (χ3v) is 4.44. The molecule has 1 N–H and O–H groups in total. The maximum atomic E-state index is 5.50. The average Bonchev–Trinajstić information content (AvgIpc) is 2.99. The molecule has 21 heavy (non-hydrogen) atoms. The Morgan fingerprint density at radius 2 is 1.95 bits per heavy atom. The van der Waals surface area contributed by atoms with E-state index in [-0.39, 0.29) is 0 Å². The number of anilines is 1. The topological polar surface area (TPSA) is 46.6 Å². The molecule has 0 radical (unpaired) electrons. The quantitative estimate of drug-likeness (QED) is 0.916. The van der Waals surface area contributed by atoms with Crippen LogP contribution in [0.25, 0.3) is 10.8 Å². The Bertz CT molecular complexity index is 666. The van der Waals surface area contributed by atoms with Crippen LogP contribution in [0.3, 0.4) is 0 Å². The fourth-order valence-electron chi connectivity index (χ4n) is 3.18. The number of benzene rings is 1. The van der Waals surface area contributed by atoms with Crippen molar-refractivity contribution in [2.45, 2.75) is 18.9 Å². The summed E-state index contributed by atoms with van der Waals surface area (Å²) >= 11 is 0. The molecule has 5 heteroatoms. The van der Waals surface area contributed by atoms with Gasteiger partial charge in [0.2, 0.25) is 6.79 Å². The highest BCUT2D eigenvalue weighted by Gasteiger charge is 2.22. The molecule has 0 unspecified atom stereocenters. The van der Waals surface area contributed by atoms with Crippen LogP contribution < -0.4 is 19.7 Å². The molecule has 0 amide bonds. The van der Waals surface area contributed by atoms with Crippen LogP contribution in [0.4, 0.5) is 5.82 Å². The lowest BCUT2D eigenvalue weighted by molar-refractivity contribution is 0.174. The van der Waals surface area contributed by atoms with Gasteiger partial charge >= 0.3 is 0 Å². The van der Waals surface area contributed by atoms with Gasteiger partial charge in [-0.1, -0.05) is 0 Å². The van der Waals surface area contributed by atoms with Crippen molar-refractivity contribution in [1.29, 1.82) is 0 Å². The van der Waals surface area contributed by atoms with Gasteiger partial charge in [0.25, 0.3) is 0 Å². The van der Waals surface area contributed by atoms with Gasteiger partial charge in [0.05, 0.1) is 0 Å². The first kappa shape index (κ1) is 12.7. The third kappa shape index (κ3) is 2.17. The van der Waals surface area contributed by atoms with E-state index in [0.717, 1.165) is 54.0 Å². The second-order valence-corrected chi connectivity index (χ2v) is 5.61. The summed E-state index contributed by atoms with van der Waals surface area (Å²) < 4.78 is 11.0. The minimum atomic E-state index is 0.308. The van der Waals surface area contributed by atoms with Gasteiger partial charge in [0.15, 0.2) is 11.5 Å². The number of aromatic nitrogens is 1. The van der Waals surface area contributed by atoms with Crippen molar-refractivity contribution in [3.63, 3.8) is 0 Å². The van der Waals surface area contributed by atoms with Crippen LogP contribution in [-0.4, -0.2) is 38.0 Å². The molecule has 0 atom stereocenters. The van der Waals surface area contributed by atoms with Gasteiger partial charge in [-0.3, -0.25) is 0 Å². The number of hydrogen-bond donors (Lipinski definition) is 1. The highest BCUT2D eigenvalue weighted by atomic mass is 16.7. The van der Waals surface area contributed by atoms with Crippen LogP contribution in [0.1, 0.15) is 12.8 Å². The Kier molecular flexibility index (Phi) is 3.07. The number of fused-ring (bicyclic) bond motifs is 2. The molecule has 3 heterocycles. The van der Waals surface area contributed by atoms with Gasteiger partial charge < -0.3 is 19.7 Å². The number of nitrogens with zero attached hydrogens (tertiary/aromatic N) is 2. The predicted octanol–water partition coefficient (Wildman–Crippen LogP) is 2.15. The SMILES string of the molecule is CNC1CCN(c2nccc3cc4c(cc23)OCO4)CC1. The van der Waals surface area contributed by atoms with Gasteiger partial charge in [0.1, 0.15) is 5.82 Å². The molecule has 0 saturated carbocycles. The van der Waals surface area contributed by atoms with Gasteiger partial charge in [-0.2, -0.15) is 0 Å². The van der Waals surface area contributed by atoms with Crippen molar-refractivity contribution in [3.05, 3.63) is 24.4 Å². The van der Waals surface area contributed by atoms with Gasteiger partial charge in [-0.15, -0.1) is 0 Å². The van der Waals surface area contributed by atoms with E-state index in [0.29, 0.717) is 12.8 Å². The van der Waals surface area contributed by atoms with Crippen molar-refractivity contribution in [1.82, 2.24) is 10.3 Å². The summed E-state index contributed by atoms with van der Waals surface area (Å²) in [7, 11) is 2.04. The molecule has 2 aliphatic heterocycles. The maximum Gasteiger partial charge on any atom is 0.231 e. The lowest BCUT2D eigenvalue weighted by Crippen LogP contribution is -2.41. The van der Waals surface area contributed by atoms with E-state index in [1.54, 1.807) is 0 Å². The summed E-state index contributed by atoms with van der Waals surface area (Å²) in [6, 6.07) is 6.76. The summed E-state index contributed by atoms with van der Waals surface area (Å²) in [5.74, 6) is 2.70. The van der Waals surface area contributed by atoms with E-state index >= 15 is 0 Å². The first-order chi connectivity index (χ1) is 10.3. The predicted molar refractivity (Wildman–Crippen MR) is 82.2 cm³/mol. The molecule has 2 aliphatic rings. The average molecular weight is 285 g/mol. The monoisotopic (exact) mass is 285 g/mol. The van der Waals surface area contributed by atoms with Crippen LogP contribution in [0.5, 0.6) is 11.5 Å². The largest absolute Gasteiger partial charge is 0.454 e. The minimum absolute atomic E-state index is 0.308. The van der Waals surface area contributed by atoms with Crippen molar-refractivity contribution < 1.29 is 9.47 Å². The zero-order chi connectivity index (χ0) is 14.2. The maximum absolute atomic E-state index is 5.50. The second kappa shape index (κ2) is 5.07. The fraction of sp³-hybridized carbons (Fsp3) is 0.438. The lowest BCUT2D eigenvalue weighted by Gasteiger charge is -2.33.